The van der Waals surface area contributed by atoms with Crippen molar-refractivity contribution in [2.45, 2.75) is 19.3 Å². The molecule has 1 heterocycles. The molecule has 0 aromatic heterocycles. The summed E-state index contributed by atoms with van der Waals surface area (Å²) < 4.78 is 5.26. The summed E-state index contributed by atoms with van der Waals surface area (Å²) in [5.74, 6) is 0. The van der Waals surface area contributed by atoms with Crippen LogP contribution in [-0.2, 0) is 21.8 Å². The van der Waals surface area contributed by atoms with Gasteiger partial charge in [0.1, 0.15) is 0 Å². The third kappa shape index (κ3) is 5.66. The third-order valence-electron chi connectivity index (χ3n) is 1.27. The molecule has 0 atom stereocenters. The van der Waals surface area contributed by atoms with Crippen LogP contribution >= 0.6 is 0 Å². The minimum Gasteiger partial charge on any atom is -0.551 e. The Kier molecular flexibility index (Phi) is 10.5. The van der Waals surface area contributed by atoms with Crippen molar-refractivity contribution < 1.29 is 21.8 Å². The molecule has 1 fully saturated rings. The van der Waals surface area contributed by atoms with E-state index in [0.717, 1.165) is 16.8 Å². The van der Waals surface area contributed by atoms with E-state index in [1.54, 1.807) is 0 Å². The molecule has 1 rings (SSSR count). The van der Waals surface area contributed by atoms with Crippen LogP contribution in [0.4, 0.5) is 0 Å². The first-order valence-corrected chi connectivity index (χ1v) is 3.85. The van der Waals surface area contributed by atoms with E-state index in [1.165, 1.54) is 25.0 Å². The molecular formula is C5H14AlCuOSi. The monoisotopic (exact) mass is 208 g/mol. The average Bonchev–Trinajstić information content (AvgIpc) is 1.69. The van der Waals surface area contributed by atoms with Crippen molar-refractivity contribution in [3.05, 3.63) is 5.73 Å². The molecule has 1 nitrogen and oxygen atoms in total. The van der Waals surface area contributed by atoms with Crippen molar-refractivity contribution in [1.29, 1.82) is 0 Å². The van der Waals surface area contributed by atoms with E-state index in [2.05, 4.69) is 0 Å². The van der Waals surface area contributed by atoms with E-state index in [0.29, 0.717) is 0 Å². The van der Waals surface area contributed by atoms with Crippen LogP contribution in [0.25, 0.3) is 0 Å². The molecular weight excluding hydrogens is 195 g/mol. The standard InChI is InChI=1S/C5H11OSi.Al.Cu.3H/c7-5-3-1-2-4-6-5;;;;;/h1-4H2,7H3;;;;;/q-1;;+1;;;. The van der Waals surface area contributed by atoms with Crippen LogP contribution in [0.15, 0.2) is 0 Å². The average molecular weight is 209 g/mol. The van der Waals surface area contributed by atoms with Crippen LogP contribution in [-0.4, -0.2) is 34.2 Å². The van der Waals surface area contributed by atoms with E-state index in [1.807, 2.05) is 0 Å². The second-order valence-electron chi connectivity index (χ2n) is 2.01. The fourth-order valence-electron chi connectivity index (χ4n) is 0.795. The summed E-state index contributed by atoms with van der Waals surface area (Å²) in [6.07, 6.45) is 3.87. The van der Waals surface area contributed by atoms with Gasteiger partial charge in [0.05, 0.1) is 0 Å². The largest absolute Gasteiger partial charge is 1.00 e. The Balaban J connectivity index is 0. The zero-order valence-corrected chi connectivity index (χ0v) is 7.98. The summed E-state index contributed by atoms with van der Waals surface area (Å²) in [5, 5.41) is 0. The number of hydrogen-bond donors (Lipinski definition) is 0. The summed E-state index contributed by atoms with van der Waals surface area (Å²) in [5.41, 5.74) is 1.35. The third-order valence-corrected chi connectivity index (χ3v) is 2.06. The summed E-state index contributed by atoms with van der Waals surface area (Å²) in [6.45, 7) is 0.985. The van der Waals surface area contributed by atoms with Crippen LogP contribution in [0.2, 0.25) is 0 Å². The quantitative estimate of drug-likeness (QED) is 0.361. The zero-order chi connectivity index (χ0) is 5.11. The van der Waals surface area contributed by atoms with Crippen molar-refractivity contribution in [2.75, 3.05) is 6.61 Å². The first-order chi connectivity index (χ1) is 3.39. The van der Waals surface area contributed by atoms with Gasteiger partial charge in [-0.05, 0) is 6.42 Å². The SMILES string of the molecule is [AlH3].[Cu+].[SiH3][C-]1CCCCO1. The number of ether oxygens (including phenoxy) is 1. The predicted octanol–water partition coefficient (Wildman–Crippen LogP) is -1.14. The molecule has 0 unspecified atom stereocenters. The summed E-state index contributed by atoms with van der Waals surface area (Å²) in [7, 11) is 1.15. The molecule has 58 valence electrons. The molecule has 0 aromatic carbocycles. The van der Waals surface area contributed by atoms with Crippen molar-refractivity contribution >= 4 is 27.6 Å². The molecule has 1 saturated heterocycles. The maximum atomic E-state index is 5.26. The zero-order valence-electron chi connectivity index (χ0n) is 5.04. The first kappa shape index (κ1) is 12.9. The van der Waals surface area contributed by atoms with E-state index in [4.69, 9.17) is 4.74 Å². The molecule has 0 saturated carbocycles. The van der Waals surface area contributed by atoms with Gasteiger partial charge in [0.2, 0.25) is 0 Å². The molecule has 4 heteroatoms. The Morgan fingerprint density at radius 3 is 2.22 bits per heavy atom. The van der Waals surface area contributed by atoms with Gasteiger partial charge in [-0.1, -0.05) is 6.42 Å². The Morgan fingerprint density at radius 2 is 2.00 bits per heavy atom. The number of rotatable bonds is 0. The van der Waals surface area contributed by atoms with E-state index >= 15 is 0 Å². The van der Waals surface area contributed by atoms with Gasteiger partial charge in [-0.2, -0.15) is 6.42 Å². The number of hydrogen-bond acceptors (Lipinski definition) is 1. The summed E-state index contributed by atoms with van der Waals surface area (Å²) >= 11 is 0. The van der Waals surface area contributed by atoms with E-state index in [-0.39, 0.29) is 34.4 Å². The minimum absolute atomic E-state index is 0. The van der Waals surface area contributed by atoms with E-state index < -0.39 is 0 Å². The van der Waals surface area contributed by atoms with Gasteiger partial charge in [0, 0.05) is 6.61 Å². The summed E-state index contributed by atoms with van der Waals surface area (Å²) in [4.78, 5) is 0. The molecule has 0 aliphatic carbocycles. The molecule has 0 spiro atoms. The normalized spacial score (nSPS) is 20.0. The van der Waals surface area contributed by atoms with Gasteiger partial charge < -0.3 is 4.74 Å². The molecule has 9 heavy (non-hydrogen) atoms. The maximum Gasteiger partial charge on any atom is 1.00 e. The van der Waals surface area contributed by atoms with Crippen LogP contribution in [0.1, 0.15) is 19.3 Å². The predicted molar refractivity (Wildman–Crippen MR) is 42.9 cm³/mol. The molecule has 0 N–H and O–H groups in total. The second-order valence-corrected chi connectivity index (χ2v) is 3.12. The topological polar surface area (TPSA) is 9.23 Å². The van der Waals surface area contributed by atoms with Crippen molar-refractivity contribution in [3.8, 4) is 0 Å². The molecule has 1 aliphatic heterocycles. The van der Waals surface area contributed by atoms with Crippen LogP contribution in [0, 0.1) is 5.73 Å². The fraction of sp³-hybridized carbons (Fsp3) is 0.800. The van der Waals surface area contributed by atoms with Gasteiger partial charge >= 0.3 is 17.1 Å². The van der Waals surface area contributed by atoms with Gasteiger partial charge in [0.25, 0.3) is 0 Å². The molecule has 0 aromatic rings. The first-order valence-electron chi connectivity index (χ1n) is 2.85. The van der Waals surface area contributed by atoms with Crippen molar-refractivity contribution in [1.82, 2.24) is 0 Å². The summed E-state index contributed by atoms with van der Waals surface area (Å²) in [6, 6.07) is 0. The van der Waals surface area contributed by atoms with Gasteiger partial charge in [0.15, 0.2) is 17.4 Å². The Morgan fingerprint density at radius 1 is 1.33 bits per heavy atom. The smallest absolute Gasteiger partial charge is 0.551 e. The van der Waals surface area contributed by atoms with Crippen molar-refractivity contribution in [2.24, 2.45) is 0 Å². The molecule has 1 aliphatic rings. The molecule has 0 radical (unpaired) electrons. The minimum atomic E-state index is 0. The van der Waals surface area contributed by atoms with Crippen LogP contribution in [0.5, 0.6) is 0 Å². The maximum absolute atomic E-state index is 5.26. The second kappa shape index (κ2) is 7.34. The van der Waals surface area contributed by atoms with Gasteiger partial charge in [-0.25, -0.2) is 5.73 Å². The van der Waals surface area contributed by atoms with Crippen LogP contribution < -0.4 is 0 Å². The Hall–Kier alpha value is 1.23. The Labute approximate surface area is 80.9 Å². The van der Waals surface area contributed by atoms with E-state index in [9.17, 15) is 0 Å². The molecule has 0 bridgehead atoms. The fourth-order valence-corrected chi connectivity index (χ4v) is 1.35. The van der Waals surface area contributed by atoms with Crippen LogP contribution in [0.3, 0.4) is 0 Å². The van der Waals surface area contributed by atoms with Gasteiger partial charge in [-0.15, -0.1) is 10.2 Å². The van der Waals surface area contributed by atoms with Crippen molar-refractivity contribution in [3.63, 3.8) is 0 Å². The van der Waals surface area contributed by atoms with Gasteiger partial charge in [-0.3, -0.25) is 0 Å². The molecule has 0 amide bonds. The Bertz CT molecular complexity index is 58.9.